The second-order valence-corrected chi connectivity index (χ2v) is 7.37. The standard InChI is InChI=1S/C20H27N3O4/c1-3-20(21,4-2)12-22-17(24)13-7-8-15-16(10-13)19(26)23(18(15)25)11-14-6-5-9-27-14/h7-8,10,14H,3-6,9,11-12,21H2,1-2H3,(H,22,24). The van der Waals surface area contributed by atoms with Crippen molar-refractivity contribution in [3.05, 3.63) is 34.9 Å². The molecular weight excluding hydrogens is 346 g/mol. The smallest absolute Gasteiger partial charge is 0.261 e. The molecule has 2 heterocycles. The third-order valence-electron chi connectivity index (χ3n) is 5.65. The van der Waals surface area contributed by atoms with E-state index >= 15 is 0 Å². The van der Waals surface area contributed by atoms with Crippen molar-refractivity contribution in [3.63, 3.8) is 0 Å². The van der Waals surface area contributed by atoms with Crippen LogP contribution in [0.4, 0.5) is 0 Å². The van der Waals surface area contributed by atoms with E-state index in [9.17, 15) is 14.4 Å². The van der Waals surface area contributed by atoms with Gasteiger partial charge >= 0.3 is 0 Å². The van der Waals surface area contributed by atoms with Gasteiger partial charge in [-0.3, -0.25) is 19.3 Å². The molecule has 1 atom stereocenters. The number of carbonyl (C=O) groups excluding carboxylic acids is 3. The highest BCUT2D eigenvalue weighted by molar-refractivity contribution is 6.22. The third-order valence-corrected chi connectivity index (χ3v) is 5.65. The van der Waals surface area contributed by atoms with Crippen molar-refractivity contribution in [3.8, 4) is 0 Å². The van der Waals surface area contributed by atoms with Gasteiger partial charge in [0.1, 0.15) is 0 Å². The first-order chi connectivity index (χ1) is 12.9. The van der Waals surface area contributed by atoms with Gasteiger partial charge in [-0.1, -0.05) is 13.8 Å². The van der Waals surface area contributed by atoms with Crippen LogP contribution in [0.15, 0.2) is 18.2 Å². The van der Waals surface area contributed by atoms with Gasteiger partial charge in [0, 0.05) is 24.3 Å². The van der Waals surface area contributed by atoms with Gasteiger partial charge in [-0.15, -0.1) is 0 Å². The molecule has 0 spiro atoms. The molecule has 146 valence electrons. The first-order valence-corrected chi connectivity index (χ1v) is 9.57. The van der Waals surface area contributed by atoms with Gasteiger partial charge in [0.05, 0.1) is 23.8 Å². The van der Waals surface area contributed by atoms with E-state index in [-0.39, 0.29) is 35.9 Å². The lowest BCUT2D eigenvalue weighted by Crippen LogP contribution is -2.49. The molecule has 3 amide bonds. The number of nitrogens with two attached hydrogens (primary N) is 1. The number of benzene rings is 1. The largest absolute Gasteiger partial charge is 0.376 e. The summed E-state index contributed by atoms with van der Waals surface area (Å²) in [5.74, 6) is -0.988. The molecule has 0 bridgehead atoms. The first kappa shape index (κ1) is 19.5. The van der Waals surface area contributed by atoms with Gasteiger partial charge in [-0.05, 0) is 43.9 Å². The summed E-state index contributed by atoms with van der Waals surface area (Å²) < 4.78 is 5.54. The molecule has 0 saturated carbocycles. The zero-order valence-corrected chi connectivity index (χ0v) is 15.9. The van der Waals surface area contributed by atoms with Crippen LogP contribution in [0.1, 0.15) is 70.6 Å². The molecule has 2 aliphatic rings. The zero-order chi connectivity index (χ0) is 19.6. The Balaban J connectivity index is 1.72. The Morgan fingerprint density at radius 2 is 1.96 bits per heavy atom. The minimum Gasteiger partial charge on any atom is -0.376 e. The highest BCUT2D eigenvalue weighted by atomic mass is 16.5. The summed E-state index contributed by atoms with van der Waals surface area (Å²) in [7, 11) is 0. The van der Waals surface area contributed by atoms with Crippen molar-refractivity contribution in [2.45, 2.75) is 51.2 Å². The monoisotopic (exact) mass is 373 g/mol. The van der Waals surface area contributed by atoms with Crippen LogP contribution in [0.25, 0.3) is 0 Å². The minimum atomic E-state index is -0.448. The van der Waals surface area contributed by atoms with E-state index in [1.807, 2.05) is 13.8 Å². The number of hydrogen-bond acceptors (Lipinski definition) is 5. The van der Waals surface area contributed by atoms with Crippen LogP contribution < -0.4 is 11.1 Å². The number of imide groups is 1. The minimum absolute atomic E-state index is 0.101. The van der Waals surface area contributed by atoms with E-state index in [0.717, 1.165) is 25.7 Å². The number of hydrogen-bond donors (Lipinski definition) is 2. The number of amides is 3. The molecule has 1 aromatic carbocycles. The van der Waals surface area contributed by atoms with Gasteiger partial charge in [0.25, 0.3) is 17.7 Å². The Labute approximate surface area is 159 Å². The SMILES string of the molecule is CCC(N)(CC)CNC(=O)c1ccc2c(c1)C(=O)N(CC1CCCO1)C2=O. The Kier molecular flexibility index (Phi) is 5.62. The van der Waals surface area contributed by atoms with Crippen molar-refractivity contribution < 1.29 is 19.1 Å². The molecule has 1 aromatic rings. The van der Waals surface area contributed by atoms with E-state index < -0.39 is 5.54 Å². The summed E-state index contributed by atoms with van der Waals surface area (Å²) in [6, 6.07) is 4.62. The molecule has 0 aromatic heterocycles. The lowest BCUT2D eigenvalue weighted by Gasteiger charge is -2.26. The van der Waals surface area contributed by atoms with Crippen LogP contribution in [0.3, 0.4) is 0 Å². The van der Waals surface area contributed by atoms with Crippen molar-refractivity contribution in [2.24, 2.45) is 5.73 Å². The van der Waals surface area contributed by atoms with Crippen molar-refractivity contribution in [2.75, 3.05) is 19.7 Å². The molecule has 0 aliphatic carbocycles. The van der Waals surface area contributed by atoms with Gasteiger partial charge in [-0.25, -0.2) is 0 Å². The van der Waals surface area contributed by atoms with Crippen LogP contribution in [0.2, 0.25) is 0 Å². The van der Waals surface area contributed by atoms with Crippen LogP contribution in [-0.4, -0.2) is 54.0 Å². The summed E-state index contributed by atoms with van der Waals surface area (Å²) in [4.78, 5) is 38.9. The van der Waals surface area contributed by atoms with E-state index in [1.54, 1.807) is 12.1 Å². The van der Waals surface area contributed by atoms with Crippen LogP contribution in [0, 0.1) is 0 Å². The molecule has 27 heavy (non-hydrogen) atoms. The number of carbonyl (C=O) groups is 3. The molecule has 3 N–H and O–H groups in total. The number of nitrogens with zero attached hydrogens (tertiary/aromatic N) is 1. The van der Waals surface area contributed by atoms with Gasteiger partial charge in [0.2, 0.25) is 0 Å². The normalized spacial score (nSPS) is 19.5. The molecule has 1 unspecified atom stereocenters. The topological polar surface area (TPSA) is 102 Å². The second kappa shape index (κ2) is 7.78. The predicted molar refractivity (Wildman–Crippen MR) is 101 cm³/mol. The molecule has 3 rings (SSSR count). The number of rotatable bonds is 7. The van der Waals surface area contributed by atoms with E-state index in [4.69, 9.17) is 10.5 Å². The Morgan fingerprint density at radius 1 is 1.26 bits per heavy atom. The number of fused-ring (bicyclic) bond motifs is 1. The van der Waals surface area contributed by atoms with E-state index in [2.05, 4.69) is 5.32 Å². The maximum Gasteiger partial charge on any atom is 0.261 e. The third kappa shape index (κ3) is 3.89. The van der Waals surface area contributed by atoms with E-state index in [0.29, 0.717) is 24.3 Å². The molecule has 1 saturated heterocycles. The highest BCUT2D eigenvalue weighted by Gasteiger charge is 2.38. The molecule has 7 nitrogen and oxygen atoms in total. The summed E-state index contributed by atoms with van der Waals surface area (Å²) >= 11 is 0. The predicted octanol–water partition coefficient (Wildman–Crippen LogP) is 1.71. The summed E-state index contributed by atoms with van der Waals surface area (Å²) in [6.07, 6.45) is 3.18. The maximum atomic E-state index is 12.7. The lowest BCUT2D eigenvalue weighted by atomic mass is 9.94. The molecule has 0 radical (unpaired) electrons. The lowest BCUT2D eigenvalue weighted by molar-refractivity contribution is 0.0475. The quantitative estimate of drug-likeness (QED) is 0.709. The fourth-order valence-electron chi connectivity index (χ4n) is 3.45. The summed E-state index contributed by atoms with van der Waals surface area (Å²) in [5.41, 5.74) is 6.73. The summed E-state index contributed by atoms with van der Waals surface area (Å²) in [6.45, 7) is 5.25. The van der Waals surface area contributed by atoms with Crippen LogP contribution >= 0.6 is 0 Å². The molecule has 1 fully saturated rings. The fourth-order valence-corrected chi connectivity index (χ4v) is 3.45. The average molecular weight is 373 g/mol. The highest BCUT2D eigenvalue weighted by Crippen LogP contribution is 2.26. The number of nitrogens with one attached hydrogen (secondary N) is 1. The molecule has 2 aliphatic heterocycles. The molecule has 7 heteroatoms. The van der Waals surface area contributed by atoms with Gasteiger partial charge in [-0.2, -0.15) is 0 Å². The average Bonchev–Trinajstić information content (AvgIpc) is 3.28. The van der Waals surface area contributed by atoms with Crippen LogP contribution in [-0.2, 0) is 4.74 Å². The fraction of sp³-hybridized carbons (Fsp3) is 0.550. The van der Waals surface area contributed by atoms with E-state index in [1.165, 1.54) is 11.0 Å². The molecular formula is C20H27N3O4. The number of ether oxygens (including phenoxy) is 1. The first-order valence-electron chi connectivity index (χ1n) is 9.57. The van der Waals surface area contributed by atoms with Crippen molar-refractivity contribution in [1.82, 2.24) is 10.2 Å². The van der Waals surface area contributed by atoms with Crippen molar-refractivity contribution >= 4 is 17.7 Å². The Bertz CT molecular complexity index is 752. The Morgan fingerprint density at radius 3 is 2.59 bits per heavy atom. The second-order valence-electron chi connectivity index (χ2n) is 7.37. The van der Waals surface area contributed by atoms with Crippen molar-refractivity contribution in [1.29, 1.82) is 0 Å². The zero-order valence-electron chi connectivity index (χ0n) is 15.9. The maximum absolute atomic E-state index is 12.7. The van der Waals surface area contributed by atoms with Gasteiger partial charge < -0.3 is 15.8 Å². The van der Waals surface area contributed by atoms with Gasteiger partial charge in [0.15, 0.2) is 0 Å². The van der Waals surface area contributed by atoms with Crippen LogP contribution in [0.5, 0.6) is 0 Å². The summed E-state index contributed by atoms with van der Waals surface area (Å²) in [5, 5.41) is 2.83. The Hall–Kier alpha value is -2.25.